The Kier molecular flexibility index (Phi) is 10.5. The lowest BCUT2D eigenvalue weighted by molar-refractivity contribution is -0.123. The summed E-state index contributed by atoms with van der Waals surface area (Å²) in [6, 6.07) is 10.3. The van der Waals surface area contributed by atoms with Gasteiger partial charge in [-0.1, -0.05) is 65.0 Å². The van der Waals surface area contributed by atoms with Gasteiger partial charge in [0.05, 0.1) is 17.8 Å². The van der Waals surface area contributed by atoms with Crippen LogP contribution in [0.3, 0.4) is 0 Å². The number of carbonyl (C=O) groups excluding carboxylic acids is 2. The van der Waals surface area contributed by atoms with Crippen LogP contribution in [0.1, 0.15) is 93.9 Å². The average Bonchev–Trinajstić information content (AvgIpc) is 3.38. The molecule has 0 aliphatic carbocycles. The number of benzene rings is 1. The number of carbonyl (C=O) groups is 2. The Balaban J connectivity index is 1.55. The van der Waals surface area contributed by atoms with Gasteiger partial charge in [0.15, 0.2) is 11.7 Å². The number of Topliss-reactive ketones (excluding diaryl/α,β-unsaturated/α-hetero) is 1. The van der Waals surface area contributed by atoms with E-state index < -0.39 is 12.1 Å². The third kappa shape index (κ3) is 8.71. The predicted octanol–water partition coefficient (Wildman–Crippen LogP) is 5.11. The molecule has 0 spiro atoms. The summed E-state index contributed by atoms with van der Waals surface area (Å²) in [6.45, 7) is 11.9. The van der Waals surface area contributed by atoms with E-state index in [9.17, 15) is 9.59 Å². The van der Waals surface area contributed by atoms with Crippen molar-refractivity contribution >= 4 is 17.6 Å². The highest BCUT2D eigenvalue weighted by Gasteiger charge is 2.33. The standard InChI is InChI=1S/C33H46N6O3/c1-22(2)20-27-29(42-31(38-27)24-14-18-39(19-15-24)32-35-16-9-17-36-32)28(40)26(13-12-23-10-7-6-8-11-23)37-30(41)25(34)21-33(3,4)5/h6-11,16-17,22,24-26H,12-15,18-21,34H2,1-5H3,(H,37,41). The fraction of sp³-hybridized carbons (Fsp3) is 0.545. The Bertz CT molecular complexity index is 1290. The van der Waals surface area contributed by atoms with Crippen molar-refractivity contribution < 1.29 is 14.0 Å². The number of anilines is 1. The van der Waals surface area contributed by atoms with E-state index in [4.69, 9.17) is 15.1 Å². The summed E-state index contributed by atoms with van der Waals surface area (Å²) in [5.74, 6) is 1.39. The second kappa shape index (κ2) is 14.1. The summed E-state index contributed by atoms with van der Waals surface area (Å²) < 4.78 is 6.32. The summed E-state index contributed by atoms with van der Waals surface area (Å²) in [7, 11) is 0. The van der Waals surface area contributed by atoms with Crippen molar-refractivity contribution in [2.45, 2.75) is 91.1 Å². The highest BCUT2D eigenvalue weighted by Crippen LogP contribution is 2.31. The number of rotatable bonds is 12. The summed E-state index contributed by atoms with van der Waals surface area (Å²) in [4.78, 5) is 43.1. The first-order chi connectivity index (χ1) is 20.0. The number of nitrogens with one attached hydrogen (secondary N) is 1. The molecule has 3 heterocycles. The van der Waals surface area contributed by atoms with Crippen LogP contribution in [-0.4, -0.2) is 51.8 Å². The number of aryl methyl sites for hydroxylation is 1. The van der Waals surface area contributed by atoms with Gasteiger partial charge in [-0.3, -0.25) is 9.59 Å². The van der Waals surface area contributed by atoms with Crippen LogP contribution >= 0.6 is 0 Å². The van der Waals surface area contributed by atoms with Crippen LogP contribution in [0.4, 0.5) is 5.95 Å². The van der Waals surface area contributed by atoms with Gasteiger partial charge in [0, 0.05) is 31.4 Å². The normalized spacial score (nSPS) is 15.9. The molecule has 9 heteroatoms. The fourth-order valence-corrected chi connectivity index (χ4v) is 5.46. The second-order valence-corrected chi connectivity index (χ2v) is 13.1. The molecule has 0 radical (unpaired) electrons. The number of nitrogens with two attached hydrogens (primary N) is 1. The van der Waals surface area contributed by atoms with Gasteiger partial charge >= 0.3 is 0 Å². The molecule has 1 fully saturated rings. The number of hydrogen-bond acceptors (Lipinski definition) is 8. The van der Waals surface area contributed by atoms with Gasteiger partial charge in [-0.15, -0.1) is 0 Å². The van der Waals surface area contributed by atoms with E-state index >= 15 is 0 Å². The Morgan fingerprint density at radius 2 is 1.74 bits per heavy atom. The molecule has 1 aliphatic heterocycles. The Hall–Kier alpha value is -3.59. The highest BCUT2D eigenvalue weighted by molar-refractivity contribution is 6.01. The maximum atomic E-state index is 14.1. The monoisotopic (exact) mass is 574 g/mol. The quantitative estimate of drug-likeness (QED) is 0.286. The summed E-state index contributed by atoms with van der Waals surface area (Å²) in [6.07, 6.45) is 7.34. The maximum Gasteiger partial charge on any atom is 0.237 e. The molecule has 3 aromatic rings. The van der Waals surface area contributed by atoms with E-state index in [2.05, 4.69) is 34.0 Å². The molecule has 1 saturated heterocycles. The van der Waals surface area contributed by atoms with E-state index in [0.717, 1.165) is 37.4 Å². The minimum absolute atomic E-state index is 0.0926. The number of amides is 1. The first-order valence-electron chi connectivity index (χ1n) is 15.2. The summed E-state index contributed by atoms with van der Waals surface area (Å²) >= 11 is 0. The average molecular weight is 575 g/mol. The highest BCUT2D eigenvalue weighted by atomic mass is 16.4. The smallest absolute Gasteiger partial charge is 0.237 e. The van der Waals surface area contributed by atoms with Crippen LogP contribution in [-0.2, 0) is 17.6 Å². The van der Waals surface area contributed by atoms with E-state index in [1.807, 2.05) is 57.2 Å². The molecule has 2 atom stereocenters. The van der Waals surface area contributed by atoms with Gasteiger partial charge in [0.25, 0.3) is 0 Å². The fourth-order valence-electron chi connectivity index (χ4n) is 5.46. The molecule has 3 N–H and O–H groups in total. The van der Waals surface area contributed by atoms with Crippen molar-refractivity contribution in [1.29, 1.82) is 0 Å². The maximum absolute atomic E-state index is 14.1. The molecule has 2 unspecified atom stereocenters. The van der Waals surface area contributed by atoms with E-state index in [1.54, 1.807) is 12.4 Å². The summed E-state index contributed by atoms with van der Waals surface area (Å²) in [5, 5.41) is 2.98. The third-order valence-electron chi connectivity index (χ3n) is 7.59. The molecule has 0 saturated carbocycles. The van der Waals surface area contributed by atoms with Crippen LogP contribution in [0.5, 0.6) is 0 Å². The largest absolute Gasteiger partial charge is 0.437 e. The van der Waals surface area contributed by atoms with Gasteiger partial charge < -0.3 is 20.4 Å². The van der Waals surface area contributed by atoms with Crippen molar-refractivity contribution in [1.82, 2.24) is 20.3 Å². The Morgan fingerprint density at radius 1 is 1.07 bits per heavy atom. The molecule has 9 nitrogen and oxygen atoms in total. The van der Waals surface area contributed by atoms with Crippen molar-refractivity contribution in [2.24, 2.45) is 17.1 Å². The van der Waals surface area contributed by atoms with Crippen molar-refractivity contribution in [3.63, 3.8) is 0 Å². The SMILES string of the molecule is CC(C)Cc1nc(C2CCN(c3ncccn3)CC2)oc1C(=O)C(CCc1ccccc1)NC(=O)C(N)CC(C)(C)C. The van der Waals surface area contributed by atoms with Crippen LogP contribution in [0.2, 0.25) is 0 Å². The van der Waals surface area contributed by atoms with Crippen LogP contribution in [0.15, 0.2) is 53.2 Å². The third-order valence-corrected chi connectivity index (χ3v) is 7.59. The second-order valence-electron chi connectivity index (χ2n) is 13.1. The molecule has 1 amide bonds. The molecular formula is C33H46N6O3. The lowest BCUT2D eigenvalue weighted by Gasteiger charge is -2.30. The van der Waals surface area contributed by atoms with Crippen molar-refractivity contribution in [3.8, 4) is 0 Å². The lowest BCUT2D eigenvalue weighted by atomic mass is 9.88. The molecule has 0 bridgehead atoms. The lowest BCUT2D eigenvalue weighted by Crippen LogP contribution is -2.49. The van der Waals surface area contributed by atoms with Gasteiger partial charge in [-0.2, -0.15) is 0 Å². The van der Waals surface area contributed by atoms with Gasteiger partial charge in [-0.25, -0.2) is 15.0 Å². The zero-order valence-electron chi connectivity index (χ0n) is 25.7. The zero-order valence-corrected chi connectivity index (χ0v) is 25.7. The van der Waals surface area contributed by atoms with E-state index in [0.29, 0.717) is 37.3 Å². The molecule has 4 rings (SSSR count). The Labute approximate surface area is 249 Å². The molecule has 226 valence electrons. The predicted molar refractivity (Wildman–Crippen MR) is 164 cm³/mol. The van der Waals surface area contributed by atoms with Crippen LogP contribution in [0, 0.1) is 11.3 Å². The van der Waals surface area contributed by atoms with E-state index in [1.165, 1.54) is 0 Å². The van der Waals surface area contributed by atoms with Gasteiger partial charge in [0.2, 0.25) is 17.6 Å². The number of oxazole rings is 1. The number of ketones is 1. The van der Waals surface area contributed by atoms with Crippen LogP contribution < -0.4 is 16.0 Å². The topological polar surface area (TPSA) is 127 Å². The van der Waals surface area contributed by atoms with Gasteiger partial charge in [-0.05, 0) is 61.5 Å². The molecule has 1 aliphatic rings. The summed E-state index contributed by atoms with van der Waals surface area (Å²) in [5.41, 5.74) is 7.92. The number of hydrogen-bond donors (Lipinski definition) is 2. The minimum atomic E-state index is -0.771. The first-order valence-corrected chi connectivity index (χ1v) is 15.2. The number of nitrogens with zero attached hydrogens (tertiary/aromatic N) is 4. The zero-order chi connectivity index (χ0) is 30.3. The number of aromatic nitrogens is 3. The van der Waals surface area contributed by atoms with Crippen molar-refractivity contribution in [3.05, 3.63) is 71.7 Å². The molecule has 42 heavy (non-hydrogen) atoms. The molecule has 1 aromatic carbocycles. The van der Waals surface area contributed by atoms with E-state index in [-0.39, 0.29) is 34.7 Å². The van der Waals surface area contributed by atoms with Gasteiger partial charge in [0.1, 0.15) is 0 Å². The minimum Gasteiger partial charge on any atom is -0.437 e. The molecular weight excluding hydrogens is 528 g/mol. The molecule has 2 aromatic heterocycles. The first kappa shape index (κ1) is 31.3. The van der Waals surface area contributed by atoms with Crippen molar-refractivity contribution in [2.75, 3.05) is 18.0 Å². The van der Waals surface area contributed by atoms with Crippen LogP contribution in [0.25, 0.3) is 0 Å². The Morgan fingerprint density at radius 3 is 2.36 bits per heavy atom. The number of piperidine rings is 1.